The average Bonchev–Trinajstić information content (AvgIpc) is 3.30. The van der Waals surface area contributed by atoms with Gasteiger partial charge in [-0.2, -0.15) is 0 Å². The summed E-state index contributed by atoms with van der Waals surface area (Å²) in [5, 5.41) is 0. The maximum absolute atomic E-state index is 12.8. The van der Waals surface area contributed by atoms with Crippen LogP contribution in [0.2, 0.25) is 0 Å². The molecule has 0 bridgehead atoms. The molecule has 0 unspecified atom stereocenters. The van der Waals surface area contributed by atoms with E-state index in [9.17, 15) is 14.4 Å². The molecule has 0 radical (unpaired) electrons. The Kier molecular flexibility index (Phi) is 48.6. The minimum absolute atomic E-state index is 0.129. The third kappa shape index (κ3) is 50.4. The van der Waals surface area contributed by atoms with E-state index in [1.807, 2.05) is 0 Å². The molecule has 0 amide bonds. The average molecular weight is 897 g/mol. The Morgan fingerprint density at radius 3 is 1.03 bits per heavy atom. The topological polar surface area (TPSA) is 78.9 Å². The van der Waals surface area contributed by atoms with Crippen LogP contribution in [0.3, 0.4) is 0 Å². The molecule has 0 saturated carbocycles. The molecule has 0 aromatic rings. The van der Waals surface area contributed by atoms with Crippen LogP contribution in [0.5, 0.6) is 0 Å². The van der Waals surface area contributed by atoms with Crippen LogP contribution >= 0.6 is 0 Å². The fourth-order valence-electron chi connectivity index (χ4n) is 6.32. The van der Waals surface area contributed by atoms with Gasteiger partial charge in [-0.1, -0.05) is 187 Å². The first-order valence-electron chi connectivity index (χ1n) is 25.7. The van der Waals surface area contributed by atoms with Crippen molar-refractivity contribution in [1.82, 2.24) is 0 Å². The number of ether oxygens (including phenoxy) is 3. The largest absolute Gasteiger partial charge is 0.462 e. The monoisotopic (exact) mass is 897 g/mol. The summed E-state index contributed by atoms with van der Waals surface area (Å²) in [6.07, 6.45) is 73.0. The molecule has 65 heavy (non-hydrogen) atoms. The van der Waals surface area contributed by atoms with Crippen molar-refractivity contribution in [1.29, 1.82) is 0 Å². The van der Waals surface area contributed by atoms with Crippen LogP contribution in [0.1, 0.15) is 201 Å². The Balaban J connectivity index is 4.60. The van der Waals surface area contributed by atoms with Crippen LogP contribution in [0, 0.1) is 0 Å². The van der Waals surface area contributed by atoms with Gasteiger partial charge in [-0.3, -0.25) is 14.4 Å². The van der Waals surface area contributed by atoms with Crippen molar-refractivity contribution in [3.05, 3.63) is 134 Å². The smallest absolute Gasteiger partial charge is 0.306 e. The molecule has 0 aliphatic rings. The predicted molar refractivity (Wildman–Crippen MR) is 279 cm³/mol. The maximum Gasteiger partial charge on any atom is 0.306 e. The lowest BCUT2D eigenvalue weighted by molar-refractivity contribution is -0.167. The molecule has 0 aliphatic carbocycles. The van der Waals surface area contributed by atoms with E-state index in [0.717, 1.165) is 122 Å². The van der Waals surface area contributed by atoms with E-state index in [0.29, 0.717) is 12.8 Å². The molecule has 364 valence electrons. The number of esters is 3. The highest BCUT2D eigenvalue weighted by atomic mass is 16.6. The number of carbonyl (C=O) groups is 3. The summed E-state index contributed by atoms with van der Waals surface area (Å²) in [5.74, 6) is -1.05. The number of hydrogen-bond acceptors (Lipinski definition) is 6. The third-order valence-electron chi connectivity index (χ3n) is 10.1. The lowest BCUT2D eigenvalue weighted by Crippen LogP contribution is -2.30. The van der Waals surface area contributed by atoms with Gasteiger partial charge in [0.05, 0.1) is 0 Å². The maximum atomic E-state index is 12.8. The molecule has 0 saturated heterocycles. The first-order chi connectivity index (χ1) is 32.0. The zero-order valence-electron chi connectivity index (χ0n) is 41.4. The summed E-state index contributed by atoms with van der Waals surface area (Å²) in [4.78, 5) is 38.0. The van der Waals surface area contributed by atoms with Crippen molar-refractivity contribution in [2.45, 2.75) is 207 Å². The number of allylic oxidation sites excluding steroid dienone is 22. The van der Waals surface area contributed by atoms with Gasteiger partial charge in [-0.15, -0.1) is 0 Å². The number of rotatable bonds is 44. The standard InChI is InChI=1S/C59H92O6/c1-4-7-10-13-16-19-22-25-28-29-32-34-37-40-43-46-49-52-58(61)64-55-56(65-59(62)53-50-47-44-41-38-35-31-27-24-21-18-15-12-9-6-3)54-63-57(60)51-48-45-42-39-36-33-30-26-23-20-17-14-11-8-5-2/h8-9,11-12,16-21,25-28,30-32,34,36,39-40,43,56H,4-7,10,13-15,22-24,29,33,35,37-38,41-42,44-55H2,1-3H3/b11-8-,12-9-,19-16-,20-17-,21-18-,28-25-,30-26-,31-27-,34-32-,39-36-,43-40-/t56-/m1/s1. The quantitative estimate of drug-likeness (QED) is 0.0262. The van der Waals surface area contributed by atoms with Crippen LogP contribution in [-0.4, -0.2) is 37.2 Å². The SMILES string of the molecule is CC/C=C\C/C=C\C/C=C\C/C=C\CCCCC(=O)OC[C@H](COC(=O)CCC/C=C\C/C=C\C/C=C\C/C=C\CCCCC)OC(=O)CCCCCCC/C=C\C/C=C\C/C=C\CC. The Labute approximate surface area is 398 Å². The van der Waals surface area contributed by atoms with Gasteiger partial charge in [0.25, 0.3) is 0 Å². The third-order valence-corrected chi connectivity index (χ3v) is 10.1. The van der Waals surface area contributed by atoms with Gasteiger partial charge in [0.15, 0.2) is 6.10 Å². The molecule has 0 heterocycles. The number of carbonyl (C=O) groups excluding carboxylic acids is 3. The Bertz CT molecular complexity index is 1450. The molecule has 1 atom stereocenters. The molecule has 6 heteroatoms. The van der Waals surface area contributed by atoms with Crippen molar-refractivity contribution >= 4 is 17.9 Å². The molecular formula is C59H92O6. The van der Waals surface area contributed by atoms with Crippen molar-refractivity contribution < 1.29 is 28.6 Å². The Hall–Kier alpha value is -4.45. The molecule has 0 spiro atoms. The van der Waals surface area contributed by atoms with Crippen molar-refractivity contribution in [2.75, 3.05) is 13.2 Å². The number of hydrogen-bond donors (Lipinski definition) is 0. The van der Waals surface area contributed by atoms with Gasteiger partial charge in [0.2, 0.25) is 0 Å². The van der Waals surface area contributed by atoms with Crippen LogP contribution in [-0.2, 0) is 28.6 Å². The van der Waals surface area contributed by atoms with Crippen LogP contribution in [0.4, 0.5) is 0 Å². The molecule has 0 aromatic carbocycles. The van der Waals surface area contributed by atoms with E-state index in [1.165, 1.54) is 25.7 Å². The van der Waals surface area contributed by atoms with E-state index < -0.39 is 6.10 Å². The summed E-state index contributed by atoms with van der Waals surface area (Å²) < 4.78 is 16.7. The van der Waals surface area contributed by atoms with Crippen LogP contribution < -0.4 is 0 Å². The van der Waals surface area contributed by atoms with Gasteiger partial charge < -0.3 is 14.2 Å². The van der Waals surface area contributed by atoms with Gasteiger partial charge in [-0.25, -0.2) is 0 Å². The predicted octanol–water partition coefficient (Wildman–Crippen LogP) is 17.1. The minimum Gasteiger partial charge on any atom is -0.462 e. The number of unbranched alkanes of at least 4 members (excludes halogenated alkanes) is 11. The van der Waals surface area contributed by atoms with Gasteiger partial charge in [-0.05, 0) is 128 Å². The molecule has 6 nitrogen and oxygen atoms in total. The lowest BCUT2D eigenvalue weighted by atomic mass is 10.1. The minimum atomic E-state index is -0.831. The first-order valence-corrected chi connectivity index (χ1v) is 25.7. The summed E-state index contributed by atoms with van der Waals surface area (Å²) >= 11 is 0. The Morgan fingerprint density at radius 2 is 0.615 bits per heavy atom. The zero-order chi connectivity index (χ0) is 47.2. The van der Waals surface area contributed by atoms with Gasteiger partial charge in [0.1, 0.15) is 13.2 Å². The zero-order valence-corrected chi connectivity index (χ0v) is 41.4. The summed E-state index contributed by atoms with van der Waals surface area (Å²) in [5.41, 5.74) is 0. The highest BCUT2D eigenvalue weighted by Gasteiger charge is 2.19. The first kappa shape index (κ1) is 60.5. The van der Waals surface area contributed by atoms with E-state index in [4.69, 9.17) is 14.2 Å². The van der Waals surface area contributed by atoms with Crippen molar-refractivity contribution in [2.24, 2.45) is 0 Å². The fraction of sp³-hybridized carbons (Fsp3) is 0.576. The van der Waals surface area contributed by atoms with E-state index in [2.05, 4.69) is 154 Å². The van der Waals surface area contributed by atoms with E-state index in [-0.39, 0.29) is 50.4 Å². The summed E-state index contributed by atoms with van der Waals surface area (Å²) in [6, 6.07) is 0. The van der Waals surface area contributed by atoms with Crippen molar-refractivity contribution in [3.63, 3.8) is 0 Å². The van der Waals surface area contributed by atoms with Gasteiger partial charge >= 0.3 is 17.9 Å². The summed E-state index contributed by atoms with van der Waals surface area (Å²) in [7, 11) is 0. The molecule has 0 aliphatic heterocycles. The highest BCUT2D eigenvalue weighted by molar-refractivity contribution is 5.71. The molecule has 0 rings (SSSR count). The fourth-order valence-corrected chi connectivity index (χ4v) is 6.32. The Morgan fingerprint density at radius 1 is 0.323 bits per heavy atom. The summed E-state index contributed by atoms with van der Waals surface area (Å²) in [6.45, 7) is 6.26. The highest BCUT2D eigenvalue weighted by Crippen LogP contribution is 2.11. The normalized spacial score (nSPS) is 13.2. The molecule has 0 aromatic heterocycles. The second-order valence-corrected chi connectivity index (χ2v) is 16.3. The van der Waals surface area contributed by atoms with E-state index >= 15 is 0 Å². The lowest BCUT2D eigenvalue weighted by Gasteiger charge is -2.18. The van der Waals surface area contributed by atoms with Crippen LogP contribution in [0.25, 0.3) is 0 Å². The van der Waals surface area contributed by atoms with Crippen molar-refractivity contribution in [3.8, 4) is 0 Å². The molecule has 0 N–H and O–H groups in total. The molecular weight excluding hydrogens is 805 g/mol. The van der Waals surface area contributed by atoms with Gasteiger partial charge in [0, 0.05) is 19.3 Å². The molecule has 0 fully saturated rings. The second kappa shape index (κ2) is 52.2. The van der Waals surface area contributed by atoms with E-state index in [1.54, 1.807) is 0 Å². The van der Waals surface area contributed by atoms with Crippen LogP contribution in [0.15, 0.2) is 134 Å². The second-order valence-electron chi connectivity index (χ2n) is 16.3.